The lowest BCUT2D eigenvalue weighted by atomic mass is 9.86. The molecule has 0 atom stereocenters. The number of carbonyl (C=O) groups excluding carboxylic acids is 2. The second kappa shape index (κ2) is 9.94. The number of aromatic nitrogens is 2. The van der Waals surface area contributed by atoms with Gasteiger partial charge in [0.15, 0.2) is 0 Å². The molecular weight excluding hydrogens is 462 g/mol. The Bertz CT molecular complexity index is 1150. The summed E-state index contributed by atoms with van der Waals surface area (Å²) in [7, 11) is 0. The summed E-state index contributed by atoms with van der Waals surface area (Å²) in [6.07, 6.45) is 2.14. The molecule has 8 heteroatoms. The van der Waals surface area contributed by atoms with Crippen LogP contribution in [0.15, 0.2) is 30.5 Å². The number of amides is 2. The number of alkyl halides is 2. The number of rotatable bonds is 5. The van der Waals surface area contributed by atoms with Gasteiger partial charge in [-0.05, 0) is 56.7 Å². The van der Waals surface area contributed by atoms with E-state index >= 15 is 0 Å². The number of imidazole rings is 1. The molecule has 1 saturated heterocycles. The van der Waals surface area contributed by atoms with Crippen LogP contribution in [0.2, 0.25) is 0 Å². The zero-order valence-electron chi connectivity index (χ0n) is 21.9. The van der Waals surface area contributed by atoms with E-state index in [-0.39, 0.29) is 41.9 Å². The van der Waals surface area contributed by atoms with Crippen LogP contribution in [0.4, 0.5) is 8.78 Å². The van der Waals surface area contributed by atoms with Gasteiger partial charge < -0.3 is 14.8 Å². The van der Waals surface area contributed by atoms with Crippen LogP contribution < -0.4 is 5.32 Å². The first-order valence-corrected chi connectivity index (χ1v) is 13.0. The van der Waals surface area contributed by atoms with Crippen molar-refractivity contribution in [1.82, 2.24) is 19.8 Å². The molecule has 196 valence electrons. The van der Waals surface area contributed by atoms with Gasteiger partial charge in [0, 0.05) is 55.1 Å². The molecule has 2 fully saturated rings. The maximum absolute atomic E-state index is 13.7. The highest BCUT2D eigenvalue weighted by Crippen LogP contribution is 2.38. The Hall–Kier alpha value is -2.77. The molecule has 2 aliphatic rings. The van der Waals surface area contributed by atoms with E-state index in [9.17, 15) is 18.4 Å². The van der Waals surface area contributed by atoms with Crippen molar-refractivity contribution in [2.45, 2.75) is 84.1 Å². The maximum Gasteiger partial charge on any atom is 0.253 e. The van der Waals surface area contributed by atoms with Crippen LogP contribution >= 0.6 is 0 Å². The summed E-state index contributed by atoms with van der Waals surface area (Å²) in [5.41, 5.74) is 2.66. The van der Waals surface area contributed by atoms with Crippen molar-refractivity contribution in [3.63, 3.8) is 0 Å². The Kier molecular flexibility index (Phi) is 7.26. The first-order valence-electron chi connectivity index (χ1n) is 13.0. The fourth-order valence-electron chi connectivity index (χ4n) is 5.40. The number of carbonyl (C=O) groups is 2. The molecule has 1 aromatic heterocycles. The van der Waals surface area contributed by atoms with E-state index in [2.05, 4.69) is 37.2 Å². The molecule has 1 aliphatic heterocycles. The summed E-state index contributed by atoms with van der Waals surface area (Å²) in [6, 6.07) is 5.62. The molecule has 2 aromatic rings. The molecule has 0 spiro atoms. The topological polar surface area (TPSA) is 67.2 Å². The second-order valence-electron chi connectivity index (χ2n) is 11.6. The van der Waals surface area contributed by atoms with Gasteiger partial charge in [0.2, 0.25) is 11.8 Å². The number of hydrogen-bond acceptors (Lipinski definition) is 3. The monoisotopic (exact) mass is 500 g/mol. The summed E-state index contributed by atoms with van der Waals surface area (Å²) in [6.45, 7) is 13.5. The third kappa shape index (κ3) is 5.79. The van der Waals surface area contributed by atoms with Gasteiger partial charge in [-0.1, -0.05) is 27.4 Å². The molecule has 4 rings (SSSR count). The fraction of sp³-hybridized carbons (Fsp3) is 0.607. The molecule has 0 bridgehead atoms. The Morgan fingerprint density at radius 2 is 1.78 bits per heavy atom. The van der Waals surface area contributed by atoms with Crippen LogP contribution in [0.3, 0.4) is 0 Å². The van der Waals surface area contributed by atoms with Crippen molar-refractivity contribution in [2.24, 2.45) is 11.8 Å². The van der Waals surface area contributed by atoms with Crippen LogP contribution in [0.1, 0.15) is 82.4 Å². The number of piperidine rings is 1. The predicted octanol–water partition coefficient (Wildman–Crippen LogP) is 5.66. The lowest BCUT2D eigenvalue weighted by molar-refractivity contribution is -0.125. The Morgan fingerprint density at radius 1 is 1.14 bits per heavy atom. The number of hydrogen-bond donors (Lipinski definition) is 1. The van der Waals surface area contributed by atoms with Crippen molar-refractivity contribution < 1.29 is 18.4 Å². The molecule has 1 saturated carbocycles. The van der Waals surface area contributed by atoms with Crippen LogP contribution in [0.25, 0.3) is 11.0 Å². The predicted molar refractivity (Wildman–Crippen MR) is 137 cm³/mol. The zero-order chi connectivity index (χ0) is 26.3. The van der Waals surface area contributed by atoms with Crippen LogP contribution in [0, 0.1) is 11.8 Å². The summed E-state index contributed by atoms with van der Waals surface area (Å²) < 4.78 is 29.5. The van der Waals surface area contributed by atoms with E-state index in [4.69, 9.17) is 4.98 Å². The Morgan fingerprint density at radius 3 is 2.36 bits per heavy atom. The molecule has 1 aromatic carbocycles. The van der Waals surface area contributed by atoms with E-state index in [1.165, 1.54) is 0 Å². The largest absolute Gasteiger partial charge is 0.339 e. The molecule has 0 radical (unpaired) electrons. The lowest BCUT2D eigenvalue weighted by Gasteiger charge is -2.31. The third-order valence-corrected chi connectivity index (χ3v) is 7.43. The highest BCUT2D eigenvalue weighted by atomic mass is 19.3. The number of benzene rings is 1. The molecular formula is C28H38F2N4O2. The highest BCUT2D eigenvalue weighted by molar-refractivity contribution is 5.97. The van der Waals surface area contributed by atoms with Gasteiger partial charge >= 0.3 is 0 Å². The Balaban J connectivity index is 1.52. The fourth-order valence-corrected chi connectivity index (χ4v) is 5.40. The van der Waals surface area contributed by atoms with Crippen molar-refractivity contribution in [2.75, 3.05) is 13.1 Å². The summed E-state index contributed by atoms with van der Waals surface area (Å²) >= 11 is 0. The Labute approximate surface area is 212 Å². The van der Waals surface area contributed by atoms with E-state index in [0.29, 0.717) is 56.6 Å². The smallest absolute Gasteiger partial charge is 0.253 e. The van der Waals surface area contributed by atoms with E-state index in [1.807, 2.05) is 18.2 Å². The minimum absolute atomic E-state index is 0.0297. The maximum atomic E-state index is 13.7. The van der Waals surface area contributed by atoms with Gasteiger partial charge in [-0.3, -0.25) is 9.59 Å². The number of fused-ring (bicyclic) bond motifs is 1. The number of nitrogens with one attached hydrogen (secondary N) is 1. The first-order chi connectivity index (χ1) is 16.8. The molecule has 1 N–H and O–H groups in total. The number of likely N-dealkylation sites (tertiary alicyclic amines) is 1. The van der Waals surface area contributed by atoms with Crippen LogP contribution in [-0.2, 0) is 16.8 Å². The van der Waals surface area contributed by atoms with Gasteiger partial charge in [-0.2, -0.15) is 0 Å². The van der Waals surface area contributed by atoms with Crippen molar-refractivity contribution in [1.29, 1.82) is 0 Å². The number of halogens is 2. The van der Waals surface area contributed by atoms with E-state index < -0.39 is 5.92 Å². The standard InChI is InChI=1S/C28H38F2N4O2/c1-18(2)31-24(35)20-10-14-33(15-11-20)25(36)21-6-7-23-22(16-21)32-26(27(3,4)5)34(23)17-19-8-12-28(29,30)13-9-19/h6-7,16,19-20H,1,8-15,17H2,2-5H3,(H,31,35). The molecule has 0 unspecified atom stereocenters. The van der Waals surface area contributed by atoms with Crippen LogP contribution in [0.5, 0.6) is 0 Å². The van der Waals surface area contributed by atoms with E-state index in [0.717, 1.165) is 16.9 Å². The summed E-state index contributed by atoms with van der Waals surface area (Å²) in [4.78, 5) is 32.3. The van der Waals surface area contributed by atoms with Gasteiger partial charge in [0.05, 0.1) is 11.0 Å². The summed E-state index contributed by atoms with van der Waals surface area (Å²) in [5.74, 6) is -1.65. The van der Waals surface area contributed by atoms with Gasteiger partial charge in [-0.15, -0.1) is 0 Å². The molecule has 2 amide bonds. The van der Waals surface area contributed by atoms with Crippen molar-refractivity contribution in [3.8, 4) is 0 Å². The number of nitrogens with zero attached hydrogens (tertiary/aromatic N) is 3. The number of allylic oxidation sites excluding steroid dienone is 1. The van der Waals surface area contributed by atoms with Crippen LogP contribution in [-0.4, -0.2) is 45.3 Å². The lowest BCUT2D eigenvalue weighted by Crippen LogP contribution is -2.42. The molecule has 2 heterocycles. The van der Waals surface area contributed by atoms with Gasteiger partial charge in [0.25, 0.3) is 5.91 Å². The van der Waals surface area contributed by atoms with Gasteiger partial charge in [0.1, 0.15) is 5.82 Å². The van der Waals surface area contributed by atoms with Crippen molar-refractivity contribution in [3.05, 3.63) is 41.9 Å². The zero-order valence-corrected chi connectivity index (χ0v) is 21.9. The third-order valence-electron chi connectivity index (χ3n) is 7.43. The minimum Gasteiger partial charge on any atom is -0.339 e. The average molecular weight is 501 g/mol. The van der Waals surface area contributed by atoms with Crippen molar-refractivity contribution >= 4 is 22.8 Å². The highest BCUT2D eigenvalue weighted by Gasteiger charge is 2.36. The average Bonchev–Trinajstić information content (AvgIpc) is 3.18. The molecule has 6 nitrogen and oxygen atoms in total. The van der Waals surface area contributed by atoms with Gasteiger partial charge in [-0.25, -0.2) is 13.8 Å². The summed E-state index contributed by atoms with van der Waals surface area (Å²) in [5, 5.41) is 2.78. The molecule has 1 aliphatic carbocycles. The SMILES string of the molecule is C=C(C)NC(=O)C1CCN(C(=O)c2ccc3c(c2)nc(C(C)(C)C)n3CC2CCC(F)(F)CC2)CC1. The second-order valence-corrected chi connectivity index (χ2v) is 11.6. The first kappa shape index (κ1) is 26.3. The molecule has 36 heavy (non-hydrogen) atoms. The van der Waals surface area contributed by atoms with E-state index in [1.54, 1.807) is 11.8 Å². The minimum atomic E-state index is -2.54. The quantitative estimate of drug-likeness (QED) is 0.576. The normalized spacial score (nSPS) is 19.4.